The summed E-state index contributed by atoms with van der Waals surface area (Å²) in [5.41, 5.74) is -0.991. The summed E-state index contributed by atoms with van der Waals surface area (Å²) in [4.78, 5) is 28.4. The maximum Gasteiger partial charge on any atom is 0.328 e. The first-order valence-corrected chi connectivity index (χ1v) is 6.37. The number of ether oxygens (including phenoxy) is 1. The van der Waals surface area contributed by atoms with E-state index in [1.807, 2.05) is 0 Å². The predicted molar refractivity (Wildman–Crippen MR) is 53.4 cm³/mol. The highest BCUT2D eigenvalue weighted by Gasteiger charge is 2.32. The van der Waals surface area contributed by atoms with Crippen molar-refractivity contribution in [1.82, 2.24) is 0 Å². The van der Waals surface area contributed by atoms with Crippen molar-refractivity contribution < 1.29 is 29.0 Å². The predicted octanol–water partition coefficient (Wildman–Crippen LogP) is 0.116. The van der Waals surface area contributed by atoms with Gasteiger partial charge >= 0.3 is 13.6 Å². The molecule has 0 aliphatic carbocycles. The SMILES string of the molecule is CCC(C)(CO)C(=O)OCCP(=O)(O)O. The Bertz CT molecular complexity index is 254. The van der Waals surface area contributed by atoms with E-state index in [1.54, 1.807) is 6.92 Å². The molecule has 0 aliphatic rings. The maximum absolute atomic E-state index is 11.4. The number of carbonyl (C=O) groups is 1. The minimum atomic E-state index is -4.13. The molecular weight excluding hydrogens is 223 g/mol. The zero-order chi connectivity index (χ0) is 12.1. The van der Waals surface area contributed by atoms with Crippen molar-refractivity contribution in [3.8, 4) is 0 Å². The van der Waals surface area contributed by atoms with Gasteiger partial charge < -0.3 is 19.6 Å². The van der Waals surface area contributed by atoms with E-state index < -0.39 is 25.1 Å². The molecule has 0 bridgehead atoms. The second kappa shape index (κ2) is 5.61. The number of hydrogen-bond donors (Lipinski definition) is 3. The van der Waals surface area contributed by atoms with Crippen LogP contribution < -0.4 is 0 Å². The van der Waals surface area contributed by atoms with Crippen molar-refractivity contribution in [2.24, 2.45) is 5.41 Å². The lowest BCUT2D eigenvalue weighted by molar-refractivity contribution is -0.156. The van der Waals surface area contributed by atoms with Crippen molar-refractivity contribution in [2.45, 2.75) is 20.3 Å². The lowest BCUT2D eigenvalue weighted by Gasteiger charge is -2.23. The van der Waals surface area contributed by atoms with Crippen molar-refractivity contribution in [3.63, 3.8) is 0 Å². The highest BCUT2D eigenvalue weighted by Crippen LogP contribution is 2.33. The van der Waals surface area contributed by atoms with Crippen LogP contribution in [0.15, 0.2) is 0 Å². The molecule has 0 saturated heterocycles. The van der Waals surface area contributed by atoms with Gasteiger partial charge in [0, 0.05) is 0 Å². The fraction of sp³-hybridized carbons (Fsp3) is 0.875. The zero-order valence-electron chi connectivity index (χ0n) is 8.84. The number of aliphatic hydroxyl groups is 1. The molecule has 0 aromatic carbocycles. The minimum Gasteiger partial charge on any atom is -0.465 e. The number of carbonyl (C=O) groups excluding carboxylic acids is 1. The van der Waals surface area contributed by atoms with Crippen molar-refractivity contribution in [1.29, 1.82) is 0 Å². The second-order valence-corrected chi connectivity index (χ2v) is 5.37. The van der Waals surface area contributed by atoms with Crippen LogP contribution >= 0.6 is 7.60 Å². The molecule has 0 aromatic rings. The molecule has 3 N–H and O–H groups in total. The van der Waals surface area contributed by atoms with Crippen LogP contribution in [0.2, 0.25) is 0 Å². The molecular formula is C8H17O6P. The lowest BCUT2D eigenvalue weighted by atomic mass is 9.89. The summed E-state index contributed by atoms with van der Waals surface area (Å²) in [5, 5.41) is 8.96. The van der Waals surface area contributed by atoms with E-state index in [1.165, 1.54) is 6.92 Å². The van der Waals surface area contributed by atoms with Crippen molar-refractivity contribution in [3.05, 3.63) is 0 Å². The smallest absolute Gasteiger partial charge is 0.328 e. The number of rotatable bonds is 6. The van der Waals surface area contributed by atoms with Gasteiger partial charge in [0.15, 0.2) is 0 Å². The van der Waals surface area contributed by atoms with E-state index in [0.29, 0.717) is 6.42 Å². The van der Waals surface area contributed by atoms with Crippen molar-refractivity contribution in [2.75, 3.05) is 19.4 Å². The van der Waals surface area contributed by atoms with Gasteiger partial charge in [0.1, 0.15) is 6.61 Å². The molecule has 1 unspecified atom stereocenters. The van der Waals surface area contributed by atoms with E-state index in [0.717, 1.165) is 0 Å². The van der Waals surface area contributed by atoms with Gasteiger partial charge in [-0.05, 0) is 13.3 Å². The van der Waals surface area contributed by atoms with Crippen LogP contribution in [0.5, 0.6) is 0 Å². The normalized spacial score (nSPS) is 15.8. The zero-order valence-corrected chi connectivity index (χ0v) is 9.74. The number of esters is 1. The van der Waals surface area contributed by atoms with E-state index >= 15 is 0 Å². The van der Waals surface area contributed by atoms with Gasteiger partial charge in [-0.1, -0.05) is 6.92 Å². The van der Waals surface area contributed by atoms with Crippen LogP contribution in [-0.2, 0) is 14.1 Å². The van der Waals surface area contributed by atoms with E-state index in [-0.39, 0.29) is 13.2 Å². The summed E-state index contributed by atoms with van der Waals surface area (Å²) in [6.07, 6.45) is -0.0950. The Morgan fingerprint density at radius 3 is 2.33 bits per heavy atom. The van der Waals surface area contributed by atoms with Gasteiger partial charge in [-0.2, -0.15) is 0 Å². The first kappa shape index (κ1) is 14.6. The molecule has 0 saturated carbocycles. The molecule has 90 valence electrons. The van der Waals surface area contributed by atoms with Gasteiger partial charge in [-0.25, -0.2) is 0 Å². The summed E-state index contributed by atoms with van der Waals surface area (Å²) in [6.45, 7) is 2.57. The van der Waals surface area contributed by atoms with Crippen LogP contribution in [0.3, 0.4) is 0 Å². The Labute approximate surface area is 88.4 Å². The van der Waals surface area contributed by atoms with Gasteiger partial charge in [0.05, 0.1) is 18.2 Å². The third-order valence-corrected chi connectivity index (χ3v) is 3.00. The molecule has 1 atom stereocenters. The number of hydrogen-bond acceptors (Lipinski definition) is 4. The fourth-order valence-corrected chi connectivity index (χ4v) is 1.08. The topological polar surface area (TPSA) is 104 Å². The first-order valence-electron chi connectivity index (χ1n) is 4.58. The standard InChI is InChI=1S/C8H17O6P/c1-3-8(2,6-9)7(10)14-4-5-15(11,12)13/h9H,3-6H2,1-2H3,(H2,11,12,13). The molecule has 0 heterocycles. The molecule has 0 spiro atoms. The largest absolute Gasteiger partial charge is 0.465 e. The van der Waals surface area contributed by atoms with Crippen LogP contribution in [0.4, 0.5) is 0 Å². The average molecular weight is 240 g/mol. The Balaban J connectivity index is 4.09. The number of aliphatic hydroxyl groups excluding tert-OH is 1. The Morgan fingerprint density at radius 1 is 1.47 bits per heavy atom. The highest BCUT2D eigenvalue weighted by atomic mass is 31.2. The molecule has 0 fully saturated rings. The van der Waals surface area contributed by atoms with Crippen LogP contribution in [0, 0.1) is 5.41 Å². The molecule has 15 heavy (non-hydrogen) atoms. The molecule has 7 heteroatoms. The van der Waals surface area contributed by atoms with Gasteiger partial charge in [-0.15, -0.1) is 0 Å². The maximum atomic E-state index is 11.4. The third-order valence-electron chi connectivity index (χ3n) is 2.24. The molecule has 0 aromatic heterocycles. The molecule has 0 aliphatic heterocycles. The Hall–Kier alpha value is -0.420. The van der Waals surface area contributed by atoms with Crippen LogP contribution in [0.1, 0.15) is 20.3 Å². The van der Waals surface area contributed by atoms with E-state index in [9.17, 15) is 9.36 Å². The van der Waals surface area contributed by atoms with E-state index in [2.05, 4.69) is 4.74 Å². The van der Waals surface area contributed by atoms with E-state index in [4.69, 9.17) is 14.9 Å². The van der Waals surface area contributed by atoms with Gasteiger partial charge in [0.25, 0.3) is 0 Å². The van der Waals surface area contributed by atoms with Crippen LogP contribution in [0.25, 0.3) is 0 Å². The summed E-state index contributed by atoms with van der Waals surface area (Å²) in [6, 6.07) is 0. The van der Waals surface area contributed by atoms with Gasteiger partial charge in [-0.3, -0.25) is 9.36 Å². The fourth-order valence-electron chi connectivity index (χ4n) is 0.752. The minimum absolute atomic E-state index is 0.335. The molecule has 0 amide bonds. The average Bonchev–Trinajstić information content (AvgIpc) is 2.14. The van der Waals surface area contributed by atoms with Crippen LogP contribution in [-0.4, -0.2) is 40.2 Å². The summed E-state index contributed by atoms with van der Waals surface area (Å²) in [7, 11) is -4.13. The Morgan fingerprint density at radius 2 is 2.00 bits per heavy atom. The van der Waals surface area contributed by atoms with Crippen molar-refractivity contribution >= 4 is 13.6 Å². The summed E-state index contributed by atoms with van der Waals surface area (Å²) in [5.74, 6) is -0.638. The Kier molecular flexibility index (Phi) is 5.45. The third kappa shape index (κ3) is 5.28. The molecule has 0 rings (SSSR count). The molecule has 0 radical (unpaired) electrons. The monoisotopic (exact) mass is 240 g/mol. The second-order valence-electron chi connectivity index (χ2n) is 3.60. The highest BCUT2D eigenvalue weighted by molar-refractivity contribution is 7.51. The lowest BCUT2D eigenvalue weighted by Crippen LogP contribution is -2.33. The summed E-state index contributed by atoms with van der Waals surface area (Å²) < 4.78 is 15.1. The quantitative estimate of drug-likeness (QED) is 0.450. The summed E-state index contributed by atoms with van der Waals surface area (Å²) >= 11 is 0. The molecule has 6 nitrogen and oxygen atoms in total. The van der Waals surface area contributed by atoms with Gasteiger partial charge in [0.2, 0.25) is 0 Å². The first-order chi connectivity index (χ1) is 6.75.